The number of aromatic hydroxyl groups is 2. The summed E-state index contributed by atoms with van der Waals surface area (Å²) in [5.41, 5.74) is 2.55. The van der Waals surface area contributed by atoms with Crippen molar-refractivity contribution in [3.8, 4) is 28.6 Å². The van der Waals surface area contributed by atoms with E-state index in [-0.39, 0.29) is 11.6 Å². The molecule has 0 fully saturated rings. The monoisotopic (exact) mass is 341 g/mol. The Labute approximate surface area is 146 Å². The van der Waals surface area contributed by atoms with E-state index in [1.165, 1.54) is 0 Å². The van der Waals surface area contributed by atoms with E-state index in [4.69, 9.17) is 4.74 Å². The maximum absolute atomic E-state index is 10.4. The third-order valence-corrected chi connectivity index (χ3v) is 4.38. The summed E-state index contributed by atoms with van der Waals surface area (Å²) >= 11 is 0. The summed E-state index contributed by atoms with van der Waals surface area (Å²) in [5, 5.41) is 20.8. The summed E-state index contributed by atoms with van der Waals surface area (Å²) in [7, 11) is 1.63. The molecule has 0 aliphatic rings. The molecule has 0 aliphatic carbocycles. The van der Waals surface area contributed by atoms with Gasteiger partial charge in [-0.2, -0.15) is 0 Å². The average Bonchev–Trinajstić information content (AvgIpc) is 3.24. The molecule has 0 atom stereocenters. The van der Waals surface area contributed by atoms with Gasteiger partial charge < -0.3 is 24.1 Å². The zero-order valence-corrected chi connectivity index (χ0v) is 14.5. The van der Waals surface area contributed by atoms with Crippen molar-refractivity contribution >= 4 is 0 Å². The van der Waals surface area contributed by atoms with Crippen LogP contribution in [0.2, 0.25) is 0 Å². The van der Waals surface area contributed by atoms with Gasteiger partial charge in [-0.05, 0) is 42.7 Å². The molecule has 0 spiro atoms. The molecule has 0 radical (unpaired) electrons. The van der Waals surface area contributed by atoms with E-state index in [2.05, 4.69) is 4.98 Å². The minimum Gasteiger partial charge on any atom is -0.503 e. The zero-order chi connectivity index (χ0) is 17.8. The van der Waals surface area contributed by atoms with E-state index in [9.17, 15) is 10.2 Å². The molecule has 6 heteroatoms. The molecule has 0 bridgehead atoms. The Balaban J connectivity index is 1.92. The molecule has 2 N–H and O–H groups in total. The van der Waals surface area contributed by atoms with Gasteiger partial charge >= 0.3 is 0 Å². The molecule has 0 saturated heterocycles. The fourth-order valence-corrected chi connectivity index (χ4v) is 3.11. The lowest BCUT2D eigenvalue weighted by Gasteiger charge is -2.12. The van der Waals surface area contributed by atoms with Gasteiger partial charge in [-0.1, -0.05) is 6.92 Å². The highest BCUT2D eigenvalue weighted by atomic mass is 16.5. The number of methoxy groups -OCH3 is 1. The standard InChI is InChI=1S/C19H23N3O3/c1-3-16-17(14-5-7-15(25-2)8-6-14)22(19(24)18(16)23)11-4-10-21-12-9-20-13-21/h5-9,12-13,23-24H,3-4,10-11H2,1-2H3. The molecule has 2 heterocycles. The van der Waals surface area contributed by atoms with Crippen molar-refractivity contribution in [2.75, 3.05) is 7.11 Å². The summed E-state index contributed by atoms with van der Waals surface area (Å²) in [6, 6.07) is 7.65. The topological polar surface area (TPSA) is 72.4 Å². The number of hydrogen-bond donors (Lipinski definition) is 2. The van der Waals surface area contributed by atoms with Crippen LogP contribution in [0.25, 0.3) is 11.3 Å². The van der Waals surface area contributed by atoms with Crippen LogP contribution in [-0.2, 0) is 19.5 Å². The Morgan fingerprint density at radius 2 is 1.88 bits per heavy atom. The van der Waals surface area contributed by atoms with Crippen LogP contribution < -0.4 is 4.74 Å². The van der Waals surface area contributed by atoms with Gasteiger partial charge in [0.1, 0.15) is 5.75 Å². The largest absolute Gasteiger partial charge is 0.503 e. The molecule has 0 aliphatic heterocycles. The molecule has 2 aromatic heterocycles. The normalized spacial score (nSPS) is 11.0. The Morgan fingerprint density at radius 1 is 1.12 bits per heavy atom. The van der Waals surface area contributed by atoms with Crippen molar-refractivity contribution in [2.24, 2.45) is 0 Å². The zero-order valence-electron chi connectivity index (χ0n) is 14.5. The highest BCUT2D eigenvalue weighted by Crippen LogP contribution is 2.41. The molecule has 132 valence electrons. The van der Waals surface area contributed by atoms with Gasteiger partial charge in [-0.15, -0.1) is 0 Å². The van der Waals surface area contributed by atoms with Gasteiger partial charge in [0, 0.05) is 31.0 Å². The van der Waals surface area contributed by atoms with E-state index in [0.717, 1.165) is 35.5 Å². The smallest absolute Gasteiger partial charge is 0.235 e. The summed E-state index contributed by atoms with van der Waals surface area (Å²) < 4.78 is 8.99. The van der Waals surface area contributed by atoms with Gasteiger partial charge in [0.15, 0.2) is 5.75 Å². The lowest BCUT2D eigenvalue weighted by Crippen LogP contribution is -2.04. The quantitative estimate of drug-likeness (QED) is 0.691. The summed E-state index contributed by atoms with van der Waals surface area (Å²) in [4.78, 5) is 4.03. The second kappa shape index (κ2) is 7.34. The van der Waals surface area contributed by atoms with Gasteiger partial charge in [0.25, 0.3) is 0 Å². The van der Waals surface area contributed by atoms with Crippen LogP contribution in [0, 0.1) is 0 Å². The van der Waals surface area contributed by atoms with Crippen molar-refractivity contribution in [1.29, 1.82) is 0 Å². The predicted octanol–water partition coefficient (Wildman–Crippen LogP) is 3.42. The molecule has 3 rings (SSSR count). The Hall–Kier alpha value is -2.89. The Kier molecular flexibility index (Phi) is 4.97. The first-order valence-corrected chi connectivity index (χ1v) is 8.39. The van der Waals surface area contributed by atoms with Crippen molar-refractivity contribution in [3.63, 3.8) is 0 Å². The van der Waals surface area contributed by atoms with Gasteiger partial charge in [0.2, 0.25) is 5.88 Å². The molecular formula is C19H23N3O3. The van der Waals surface area contributed by atoms with Crippen LogP contribution in [-0.4, -0.2) is 31.4 Å². The first kappa shape index (κ1) is 17.0. The van der Waals surface area contributed by atoms with E-state index >= 15 is 0 Å². The van der Waals surface area contributed by atoms with Crippen molar-refractivity contribution < 1.29 is 14.9 Å². The molecule has 25 heavy (non-hydrogen) atoms. The van der Waals surface area contributed by atoms with Crippen LogP contribution in [0.15, 0.2) is 43.0 Å². The summed E-state index contributed by atoms with van der Waals surface area (Å²) in [5.74, 6) is 0.665. The maximum Gasteiger partial charge on any atom is 0.235 e. The number of aryl methyl sites for hydroxylation is 1. The number of hydrogen-bond acceptors (Lipinski definition) is 4. The van der Waals surface area contributed by atoms with E-state index in [1.54, 1.807) is 24.2 Å². The minimum atomic E-state index is -0.0756. The van der Waals surface area contributed by atoms with Crippen molar-refractivity contribution in [2.45, 2.75) is 32.9 Å². The molecular weight excluding hydrogens is 318 g/mol. The summed E-state index contributed by atoms with van der Waals surface area (Å²) in [6.45, 7) is 3.36. The first-order valence-electron chi connectivity index (χ1n) is 8.39. The molecule has 3 aromatic rings. The number of aromatic nitrogens is 3. The third-order valence-electron chi connectivity index (χ3n) is 4.38. The van der Waals surface area contributed by atoms with Crippen LogP contribution in [0.1, 0.15) is 18.9 Å². The molecule has 0 amide bonds. The SMILES string of the molecule is CCc1c(O)c(O)n(CCCn2ccnc2)c1-c1ccc(OC)cc1. The first-order chi connectivity index (χ1) is 12.2. The van der Waals surface area contributed by atoms with Crippen LogP contribution in [0.3, 0.4) is 0 Å². The number of benzene rings is 1. The van der Waals surface area contributed by atoms with E-state index in [1.807, 2.05) is 42.0 Å². The van der Waals surface area contributed by atoms with Crippen molar-refractivity contribution in [3.05, 3.63) is 48.5 Å². The van der Waals surface area contributed by atoms with Crippen LogP contribution in [0.4, 0.5) is 0 Å². The van der Waals surface area contributed by atoms with E-state index < -0.39 is 0 Å². The average molecular weight is 341 g/mol. The molecule has 0 unspecified atom stereocenters. The predicted molar refractivity (Wildman–Crippen MR) is 96.0 cm³/mol. The molecule has 6 nitrogen and oxygen atoms in total. The van der Waals surface area contributed by atoms with Gasteiger partial charge in [0.05, 0.1) is 19.1 Å². The van der Waals surface area contributed by atoms with E-state index in [0.29, 0.717) is 13.0 Å². The molecule has 0 saturated carbocycles. The maximum atomic E-state index is 10.4. The Morgan fingerprint density at radius 3 is 2.48 bits per heavy atom. The third kappa shape index (κ3) is 3.33. The number of nitrogens with zero attached hydrogens (tertiary/aromatic N) is 3. The van der Waals surface area contributed by atoms with Crippen molar-refractivity contribution in [1.82, 2.24) is 14.1 Å². The number of rotatable bonds is 7. The number of imidazole rings is 1. The fraction of sp³-hybridized carbons (Fsp3) is 0.316. The lowest BCUT2D eigenvalue weighted by atomic mass is 10.1. The number of ether oxygens (including phenoxy) is 1. The van der Waals surface area contributed by atoms with Crippen LogP contribution >= 0.6 is 0 Å². The Bertz CT molecular complexity index is 821. The highest BCUT2D eigenvalue weighted by Gasteiger charge is 2.22. The van der Waals surface area contributed by atoms with Gasteiger partial charge in [-0.25, -0.2) is 4.98 Å². The fourth-order valence-electron chi connectivity index (χ4n) is 3.11. The van der Waals surface area contributed by atoms with Gasteiger partial charge in [-0.3, -0.25) is 0 Å². The second-order valence-corrected chi connectivity index (χ2v) is 5.89. The summed E-state index contributed by atoms with van der Waals surface area (Å²) in [6.07, 6.45) is 6.88. The lowest BCUT2D eigenvalue weighted by molar-refractivity contribution is 0.367. The second-order valence-electron chi connectivity index (χ2n) is 5.89. The highest BCUT2D eigenvalue weighted by molar-refractivity contribution is 5.71. The molecule has 1 aromatic carbocycles. The van der Waals surface area contributed by atoms with Crippen LogP contribution in [0.5, 0.6) is 17.4 Å². The minimum absolute atomic E-state index is 0.0315.